The number of urea groups is 1. The minimum Gasteiger partial charge on any atom is -0.335 e. The fraction of sp³-hybridized carbons (Fsp3) is 0.529. The number of amides is 3. The third-order valence-electron chi connectivity index (χ3n) is 4.74. The van der Waals surface area contributed by atoms with Crippen molar-refractivity contribution >= 4 is 23.3 Å². The summed E-state index contributed by atoms with van der Waals surface area (Å²) in [7, 11) is 0. The normalized spacial score (nSPS) is 17.9. The lowest BCUT2D eigenvalue weighted by molar-refractivity contribution is -0.384. The van der Waals surface area contributed by atoms with Crippen LogP contribution in [-0.4, -0.2) is 40.9 Å². The van der Waals surface area contributed by atoms with Crippen molar-refractivity contribution in [1.82, 2.24) is 10.2 Å². The zero-order valence-corrected chi connectivity index (χ0v) is 14.2. The third-order valence-corrected chi connectivity index (χ3v) is 4.74. The molecule has 0 aromatic heterocycles. The van der Waals surface area contributed by atoms with Gasteiger partial charge in [-0.05, 0) is 44.2 Å². The number of piperidine rings is 1. The summed E-state index contributed by atoms with van der Waals surface area (Å²) < 4.78 is 0. The molecule has 1 aliphatic carbocycles. The fourth-order valence-corrected chi connectivity index (χ4v) is 2.97. The Kier molecular flexibility index (Phi) is 4.87. The van der Waals surface area contributed by atoms with Crippen molar-refractivity contribution in [2.75, 3.05) is 18.4 Å². The van der Waals surface area contributed by atoms with E-state index in [9.17, 15) is 19.7 Å². The molecule has 0 unspecified atom stereocenters. The number of carbonyl (C=O) groups is 2. The van der Waals surface area contributed by atoms with Gasteiger partial charge in [0.25, 0.3) is 5.69 Å². The molecule has 1 heterocycles. The Morgan fingerprint density at radius 3 is 2.44 bits per heavy atom. The summed E-state index contributed by atoms with van der Waals surface area (Å²) in [5.74, 6) is -0.251. The Balaban J connectivity index is 1.52. The molecule has 3 amide bonds. The molecule has 2 fully saturated rings. The Labute approximate surface area is 145 Å². The molecule has 1 aromatic rings. The summed E-state index contributed by atoms with van der Waals surface area (Å²) in [4.78, 5) is 36.5. The lowest BCUT2D eigenvalue weighted by Gasteiger charge is -2.31. The molecule has 1 saturated carbocycles. The van der Waals surface area contributed by atoms with E-state index in [2.05, 4.69) is 10.6 Å². The summed E-state index contributed by atoms with van der Waals surface area (Å²) in [6, 6.07) is 4.68. The van der Waals surface area contributed by atoms with E-state index >= 15 is 0 Å². The highest BCUT2D eigenvalue weighted by atomic mass is 16.6. The zero-order valence-electron chi connectivity index (χ0n) is 14.2. The molecule has 2 N–H and O–H groups in total. The minimum absolute atomic E-state index is 0.00508. The second-order valence-corrected chi connectivity index (χ2v) is 6.73. The number of aryl methyl sites for hydroxylation is 1. The summed E-state index contributed by atoms with van der Waals surface area (Å²) in [5.41, 5.74) is 1.25. The lowest BCUT2D eigenvalue weighted by atomic mass is 9.96. The van der Waals surface area contributed by atoms with Gasteiger partial charge in [-0.3, -0.25) is 14.9 Å². The number of likely N-dealkylation sites (tertiary alicyclic amines) is 1. The zero-order chi connectivity index (χ0) is 18.0. The average Bonchev–Trinajstić information content (AvgIpc) is 3.40. The van der Waals surface area contributed by atoms with E-state index < -0.39 is 4.92 Å². The predicted octanol–water partition coefficient (Wildman–Crippen LogP) is 2.43. The van der Waals surface area contributed by atoms with E-state index in [-0.39, 0.29) is 23.5 Å². The molecular formula is C17H22N4O4. The van der Waals surface area contributed by atoms with E-state index in [0.29, 0.717) is 43.2 Å². The van der Waals surface area contributed by atoms with E-state index in [0.717, 1.165) is 12.8 Å². The molecule has 134 valence electrons. The van der Waals surface area contributed by atoms with Gasteiger partial charge in [0.05, 0.1) is 4.92 Å². The standard InChI is InChI=1S/C17H22N4O4/c1-11-10-14(21(24)25)4-5-15(11)19-16(22)12-6-8-20(9-7-12)17(23)18-13-2-3-13/h4-5,10,12-13H,2-3,6-9H2,1H3,(H,18,23)(H,19,22). The number of rotatable bonds is 4. The first-order chi connectivity index (χ1) is 11.9. The monoisotopic (exact) mass is 346 g/mol. The molecule has 8 heteroatoms. The van der Waals surface area contributed by atoms with E-state index in [1.165, 1.54) is 12.1 Å². The number of nitrogens with one attached hydrogen (secondary N) is 2. The number of non-ortho nitro benzene ring substituents is 1. The number of carbonyl (C=O) groups excluding carboxylic acids is 2. The van der Waals surface area contributed by atoms with Crippen molar-refractivity contribution in [2.24, 2.45) is 5.92 Å². The van der Waals surface area contributed by atoms with Crippen LogP contribution >= 0.6 is 0 Å². The van der Waals surface area contributed by atoms with Crippen LogP contribution in [-0.2, 0) is 4.79 Å². The first-order valence-electron chi connectivity index (χ1n) is 8.55. The number of hydrogen-bond acceptors (Lipinski definition) is 4. The summed E-state index contributed by atoms with van der Waals surface area (Å²) in [6.07, 6.45) is 3.35. The Hall–Kier alpha value is -2.64. The first kappa shape index (κ1) is 17.2. The van der Waals surface area contributed by atoms with Crippen LogP contribution in [0, 0.1) is 23.0 Å². The highest BCUT2D eigenvalue weighted by Crippen LogP contribution is 2.25. The maximum absolute atomic E-state index is 12.4. The second kappa shape index (κ2) is 7.08. The molecule has 0 atom stereocenters. The number of benzene rings is 1. The van der Waals surface area contributed by atoms with Gasteiger partial charge in [0, 0.05) is 42.9 Å². The van der Waals surface area contributed by atoms with Gasteiger partial charge in [-0.1, -0.05) is 0 Å². The Morgan fingerprint density at radius 1 is 1.20 bits per heavy atom. The topological polar surface area (TPSA) is 105 Å². The second-order valence-electron chi connectivity index (χ2n) is 6.73. The number of nitro groups is 1. The van der Waals surface area contributed by atoms with E-state index in [4.69, 9.17) is 0 Å². The van der Waals surface area contributed by atoms with Gasteiger partial charge in [0.1, 0.15) is 0 Å². The number of anilines is 1. The SMILES string of the molecule is Cc1cc([N+](=O)[O-])ccc1NC(=O)C1CCN(C(=O)NC2CC2)CC1. The van der Waals surface area contributed by atoms with Crippen molar-refractivity contribution in [3.8, 4) is 0 Å². The molecule has 1 aliphatic heterocycles. The van der Waals surface area contributed by atoms with Crippen LogP contribution in [0.3, 0.4) is 0 Å². The maximum Gasteiger partial charge on any atom is 0.317 e. The fourth-order valence-electron chi connectivity index (χ4n) is 2.97. The highest BCUT2D eigenvalue weighted by molar-refractivity contribution is 5.93. The molecule has 25 heavy (non-hydrogen) atoms. The molecule has 0 radical (unpaired) electrons. The number of nitrogens with zero attached hydrogens (tertiary/aromatic N) is 2. The van der Waals surface area contributed by atoms with Crippen LogP contribution < -0.4 is 10.6 Å². The quantitative estimate of drug-likeness (QED) is 0.645. The largest absolute Gasteiger partial charge is 0.335 e. The molecular weight excluding hydrogens is 324 g/mol. The van der Waals surface area contributed by atoms with Crippen molar-refractivity contribution in [1.29, 1.82) is 0 Å². The van der Waals surface area contributed by atoms with Crippen LogP contribution in [0.2, 0.25) is 0 Å². The third kappa shape index (κ3) is 4.26. The maximum atomic E-state index is 12.4. The van der Waals surface area contributed by atoms with Gasteiger partial charge < -0.3 is 15.5 Å². The van der Waals surface area contributed by atoms with Crippen LogP contribution in [0.4, 0.5) is 16.2 Å². The summed E-state index contributed by atoms with van der Waals surface area (Å²) in [5, 5.41) is 16.6. The van der Waals surface area contributed by atoms with Gasteiger partial charge in [-0.25, -0.2) is 4.79 Å². The van der Waals surface area contributed by atoms with Crippen molar-refractivity contribution in [2.45, 2.75) is 38.6 Å². The molecule has 2 aliphatic rings. The van der Waals surface area contributed by atoms with Crippen LogP contribution in [0.1, 0.15) is 31.2 Å². The summed E-state index contributed by atoms with van der Waals surface area (Å²) >= 11 is 0. The number of nitro benzene ring substituents is 1. The van der Waals surface area contributed by atoms with Gasteiger partial charge in [-0.2, -0.15) is 0 Å². The van der Waals surface area contributed by atoms with Crippen LogP contribution in [0.15, 0.2) is 18.2 Å². The molecule has 0 spiro atoms. The molecule has 1 saturated heterocycles. The van der Waals surface area contributed by atoms with Gasteiger partial charge in [0.2, 0.25) is 5.91 Å². The molecule has 0 bridgehead atoms. The minimum atomic E-state index is -0.457. The van der Waals surface area contributed by atoms with Crippen molar-refractivity contribution in [3.05, 3.63) is 33.9 Å². The highest BCUT2D eigenvalue weighted by Gasteiger charge is 2.30. The van der Waals surface area contributed by atoms with Gasteiger partial charge >= 0.3 is 6.03 Å². The van der Waals surface area contributed by atoms with Crippen molar-refractivity contribution < 1.29 is 14.5 Å². The van der Waals surface area contributed by atoms with E-state index in [1.807, 2.05) is 0 Å². The Bertz CT molecular complexity index is 694. The van der Waals surface area contributed by atoms with Crippen molar-refractivity contribution in [3.63, 3.8) is 0 Å². The number of hydrogen-bond donors (Lipinski definition) is 2. The van der Waals surface area contributed by atoms with E-state index in [1.54, 1.807) is 17.9 Å². The predicted molar refractivity (Wildman–Crippen MR) is 92.3 cm³/mol. The molecule has 8 nitrogen and oxygen atoms in total. The van der Waals surface area contributed by atoms with Gasteiger partial charge in [-0.15, -0.1) is 0 Å². The molecule has 1 aromatic carbocycles. The smallest absolute Gasteiger partial charge is 0.317 e. The Morgan fingerprint density at radius 2 is 1.88 bits per heavy atom. The first-order valence-corrected chi connectivity index (χ1v) is 8.55. The van der Waals surface area contributed by atoms with Crippen LogP contribution in [0.25, 0.3) is 0 Å². The average molecular weight is 346 g/mol. The van der Waals surface area contributed by atoms with Crippen LogP contribution in [0.5, 0.6) is 0 Å². The summed E-state index contributed by atoms with van der Waals surface area (Å²) in [6.45, 7) is 2.86. The van der Waals surface area contributed by atoms with Gasteiger partial charge in [0.15, 0.2) is 0 Å². The lowest BCUT2D eigenvalue weighted by Crippen LogP contribution is -2.46. The molecule has 3 rings (SSSR count).